The standard InChI is InChI=1S/C15H17ClN4O2/c1-2-10-11(7-17)13(16)19-14(12(10)8-18)20-5-3-15(22,9-21)4-6-20/h21-22H,2-6,9H2,1H3. The molecular formula is C15H17ClN4O2. The Morgan fingerprint density at radius 2 is 1.86 bits per heavy atom. The number of nitrogens with zero attached hydrogens (tertiary/aromatic N) is 4. The van der Waals surface area contributed by atoms with Gasteiger partial charge in [0.2, 0.25) is 0 Å². The number of anilines is 1. The number of aliphatic hydroxyl groups is 2. The van der Waals surface area contributed by atoms with E-state index in [1.165, 1.54) is 0 Å². The molecular weight excluding hydrogens is 304 g/mol. The molecule has 1 saturated heterocycles. The second-order valence-corrected chi connectivity index (χ2v) is 5.76. The Balaban J connectivity index is 2.43. The molecule has 0 radical (unpaired) electrons. The lowest BCUT2D eigenvalue weighted by molar-refractivity contribution is -0.0326. The lowest BCUT2D eigenvalue weighted by Gasteiger charge is -2.38. The van der Waals surface area contributed by atoms with Crippen molar-refractivity contribution in [2.24, 2.45) is 0 Å². The van der Waals surface area contributed by atoms with Crippen LogP contribution in [-0.2, 0) is 6.42 Å². The fourth-order valence-corrected chi connectivity index (χ4v) is 2.93. The van der Waals surface area contributed by atoms with Crippen LogP contribution in [0.3, 0.4) is 0 Å². The van der Waals surface area contributed by atoms with Crippen molar-refractivity contribution < 1.29 is 10.2 Å². The normalized spacial score (nSPS) is 16.9. The van der Waals surface area contributed by atoms with Crippen LogP contribution >= 0.6 is 11.6 Å². The Bertz CT molecular complexity index is 655. The number of piperidine rings is 1. The molecule has 1 aliphatic heterocycles. The highest BCUT2D eigenvalue weighted by atomic mass is 35.5. The van der Waals surface area contributed by atoms with Gasteiger partial charge in [-0.25, -0.2) is 4.98 Å². The van der Waals surface area contributed by atoms with E-state index in [1.54, 1.807) is 0 Å². The highest BCUT2D eigenvalue weighted by molar-refractivity contribution is 6.30. The molecule has 1 aliphatic rings. The molecule has 6 nitrogen and oxygen atoms in total. The molecule has 2 heterocycles. The first-order valence-electron chi connectivity index (χ1n) is 7.10. The van der Waals surface area contributed by atoms with Crippen molar-refractivity contribution in [2.45, 2.75) is 31.8 Å². The average Bonchev–Trinajstić information content (AvgIpc) is 2.54. The first kappa shape index (κ1) is 16.5. The van der Waals surface area contributed by atoms with Gasteiger partial charge in [0.25, 0.3) is 0 Å². The molecule has 2 rings (SSSR count). The molecule has 22 heavy (non-hydrogen) atoms. The van der Waals surface area contributed by atoms with Crippen LogP contribution in [-0.4, -0.2) is 40.5 Å². The smallest absolute Gasteiger partial charge is 0.149 e. The van der Waals surface area contributed by atoms with Gasteiger partial charge in [0.15, 0.2) is 0 Å². The maximum Gasteiger partial charge on any atom is 0.149 e. The van der Waals surface area contributed by atoms with E-state index in [2.05, 4.69) is 11.1 Å². The maximum atomic E-state index is 10.1. The summed E-state index contributed by atoms with van der Waals surface area (Å²) < 4.78 is 0. The molecule has 0 atom stereocenters. The van der Waals surface area contributed by atoms with E-state index in [0.717, 1.165) is 0 Å². The van der Waals surface area contributed by atoms with Gasteiger partial charge in [0.1, 0.15) is 23.1 Å². The summed E-state index contributed by atoms with van der Waals surface area (Å²) in [5.74, 6) is 0.448. The average molecular weight is 321 g/mol. The van der Waals surface area contributed by atoms with Crippen molar-refractivity contribution >= 4 is 17.4 Å². The summed E-state index contributed by atoms with van der Waals surface area (Å²) in [5, 5.41) is 38.0. The Hall–Kier alpha value is -1.86. The summed E-state index contributed by atoms with van der Waals surface area (Å²) in [4.78, 5) is 6.09. The lowest BCUT2D eigenvalue weighted by atomic mass is 9.92. The molecule has 0 unspecified atom stereocenters. The zero-order valence-corrected chi connectivity index (χ0v) is 13.1. The minimum Gasteiger partial charge on any atom is -0.393 e. The molecule has 1 aromatic rings. The quantitative estimate of drug-likeness (QED) is 0.815. The number of nitriles is 2. The van der Waals surface area contributed by atoms with Crippen molar-refractivity contribution in [3.63, 3.8) is 0 Å². The van der Waals surface area contributed by atoms with Crippen LogP contribution in [0, 0.1) is 22.7 Å². The van der Waals surface area contributed by atoms with E-state index in [4.69, 9.17) is 11.6 Å². The number of hydrogen-bond acceptors (Lipinski definition) is 6. The largest absolute Gasteiger partial charge is 0.393 e. The van der Waals surface area contributed by atoms with E-state index in [1.807, 2.05) is 17.9 Å². The topological polar surface area (TPSA) is 104 Å². The van der Waals surface area contributed by atoms with Crippen molar-refractivity contribution in [1.29, 1.82) is 10.5 Å². The molecule has 1 fully saturated rings. The summed E-state index contributed by atoms with van der Waals surface area (Å²) in [6.07, 6.45) is 1.28. The van der Waals surface area contributed by atoms with E-state index in [9.17, 15) is 20.7 Å². The van der Waals surface area contributed by atoms with E-state index in [0.29, 0.717) is 49.3 Å². The van der Waals surface area contributed by atoms with Gasteiger partial charge in [-0.3, -0.25) is 0 Å². The first-order valence-corrected chi connectivity index (χ1v) is 7.48. The summed E-state index contributed by atoms with van der Waals surface area (Å²) in [5.41, 5.74) is 0.127. The molecule has 116 valence electrons. The van der Waals surface area contributed by atoms with Crippen molar-refractivity contribution in [2.75, 3.05) is 24.6 Å². The van der Waals surface area contributed by atoms with E-state index in [-0.39, 0.29) is 17.3 Å². The van der Waals surface area contributed by atoms with Gasteiger partial charge in [-0.05, 0) is 24.8 Å². The molecule has 0 aromatic carbocycles. The summed E-state index contributed by atoms with van der Waals surface area (Å²) in [7, 11) is 0. The van der Waals surface area contributed by atoms with Crippen LogP contribution in [0.5, 0.6) is 0 Å². The van der Waals surface area contributed by atoms with Crippen LogP contribution in [0.25, 0.3) is 0 Å². The molecule has 0 spiro atoms. The molecule has 1 aromatic heterocycles. The SMILES string of the molecule is CCc1c(C#N)c(Cl)nc(N2CCC(O)(CO)CC2)c1C#N. The molecule has 7 heteroatoms. The predicted octanol–water partition coefficient (Wildman–Crippen LogP) is 1.36. The third kappa shape index (κ3) is 2.86. The minimum atomic E-state index is -1.08. The Labute approximate surface area is 134 Å². The van der Waals surface area contributed by atoms with Gasteiger partial charge in [-0.15, -0.1) is 0 Å². The van der Waals surface area contributed by atoms with Crippen molar-refractivity contribution in [3.05, 3.63) is 21.8 Å². The zero-order valence-electron chi connectivity index (χ0n) is 12.3. The van der Waals surface area contributed by atoms with Gasteiger partial charge in [0, 0.05) is 13.1 Å². The van der Waals surface area contributed by atoms with Gasteiger partial charge < -0.3 is 15.1 Å². The molecule has 0 saturated carbocycles. The van der Waals surface area contributed by atoms with Gasteiger partial charge >= 0.3 is 0 Å². The van der Waals surface area contributed by atoms with Crippen molar-refractivity contribution in [3.8, 4) is 12.1 Å². The second-order valence-electron chi connectivity index (χ2n) is 5.40. The summed E-state index contributed by atoms with van der Waals surface area (Å²) in [6, 6.07) is 4.13. The summed E-state index contributed by atoms with van der Waals surface area (Å²) >= 11 is 6.09. The number of rotatable bonds is 3. The van der Waals surface area contributed by atoms with Gasteiger partial charge in [-0.1, -0.05) is 18.5 Å². The maximum absolute atomic E-state index is 10.1. The number of aromatic nitrogens is 1. The third-order valence-electron chi connectivity index (χ3n) is 4.10. The molecule has 0 amide bonds. The number of halogens is 1. The second kappa shape index (κ2) is 6.50. The number of aliphatic hydroxyl groups excluding tert-OH is 1. The van der Waals surface area contributed by atoms with Crippen molar-refractivity contribution in [1.82, 2.24) is 4.98 Å². The highest BCUT2D eigenvalue weighted by Crippen LogP contribution is 2.32. The van der Waals surface area contributed by atoms with Crippen LogP contribution in [0.1, 0.15) is 36.5 Å². The number of pyridine rings is 1. The van der Waals surface area contributed by atoms with Crippen LogP contribution in [0.2, 0.25) is 5.15 Å². The Kier molecular flexibility index (Phi) is 4.87. The Morgan fingerprint density at radius 3 is 2.32 bits per heavy atom. The van der Waals surface area contributed by atoms with Crippen LogP contribution < -0.4 is 4.90 Å². The van der Waals surface area contributed by atoms with E-state index >= 15 is 0 Å². The van der Waals surface area contributed by atoms with Gasteiger partial charge in [0.05, 0.1) is 23.3 Å². The lowest BCUT2D eigenvalue weighted by Crippen LogP contribution is -2.47. The third-order valence-corrected chi connectivity index (χ3v) is 4.38. The predicted molar refractivity (Wildman–Crippen MR) is 81.5 cm³/mol. The Morgan fingerprint density at radius 1 is 1.27 bits per heavy atom. The fourth-order valence-electron chi connectivity index (χ4n) is 2.70. The molecule has 0 aliphatic carbocycles. The molecule has 0 bridgehead atoms. The number of hydrogen-bond donors (Lipinski definition) is 2. The first-order chi connectivity index (χ1) is 10.5. The fraction of sp³-hybridized carbons (Fsp3) is 0.533. The van der Waals surface area contributed by atoms with Crippen LogP contribution in [0.15, 0.2) is 0 Å². The highest BCUT2D eigenvalue weighted by Gasteiger charge is 2.33. The molecule has 2 N–H and O–H groups in total. The van der Waals surface area contributed by atoms with Gasteiger partial charge in [-0.2, -0.15) is 10.5 Å². The minimum absolute atomic E-state index is 0.0938. The summed E-state index contributed by atoms with van der Waals surface area (Å²) in [6.45, 7) is 2.50. The monoisotopic (exact) mass is 320 g/mol. The van der Waals surface area contributed by atoms with E-state index < -0.39 is 5.60 Å². The zero-order chi connectivity index (χ0) is 16.3. The van der Waals surface area contributed by atoms with Crippen LogP contribution in [0.4, 0.5) is 5.82 Å².